The van der Waals surface area contributed by atoms with Gasteiger partial charge in [0.05, 0.1) is 11.6 Å². The number of carbonyl (C=O) groups excluding carboxylic acids is 3. The second-order valence-corrected chi connectivity index (χ2v) is 7.40. The average molecular weight is 376 g/mol. The Kier molecular flexibility index (Phi) is 6.08. The molecule has 2 fully saturated rings. The molecule has 1 N–H and O–H groups in total. The van der Waals surface area contributed by atoms with Crippen LogP contribution in [-0.2, 0) is 19.1 Å². The van der Waals surface area contributed by atoms with Crippen molar-refractivity contribution in [3.63, 3.8) is 0 Å². The highest BCUT2D eigenvalue weighted by molar-refractivity contribution is 5.99. The van der Waals surface area contributed by atoms with Gasteiger partial charge in [-0.25, -0.2) is 4.39 Å². The Morgan fingerprint density at radius 2 is 2.00 bits per heavy atom. The molecule has 146 valence electrons. The number of nitrogens with zero attached hydrogens (tertiary/aromatic N) is 1. The molecular weight excluding hydrogens is 351 g/mol. The van der Waals surface area contributed by atoms with Gasteiger partial charge in [0.25, 0.3) is 5.91 Å². The first-order valence-corrected chi connectivity index (χ1v) is 9.46. The van der Waals surface area contributed by atoms with Crippen molar-refractivity contribution in [2.24, 2.45) is 11.8 Å². The van der Waals surface area contributed by atoms with Crippen LogP contribution in [0, 0.1) is 17.7 Å². The van der Waals surface area contributed by atoms with Gasteiger partial charge in [-0.1, -0.05) is 31.9 Å². The lowest BCUT2D eigenvalue weighted by Gasteiger charge is -2.29. The van der Waals surface area contributed by atoms with Gasteiger partial charge in [0.2, 0.25) is 5.91 Å². The van der Waals surface area contributed by atoms with E-state index in [-0.39, 0.29) is 43.1 Å². The van der Waals surface area contributed by atoms with Crippen LogP contribution in [0.5, 0.6) is 0 Å². The number of nitrogens with one attached hydrogen (secondary N) is 1. The molecule has 2 amide bonds. The summed E-state index contributed by atoms with van der Waals surface area (Å²) >= 11 is 0. The van der Waals surface area contributed by atoms with Crippen LogP contribution in [0.25, 0.3) is 0 Å². The minimum Gasteiger partial charge on any atom is -0.455 e. The second-order valence-electron chi connectivity index (χ2n) is 7.40. The van der Waals surface area contributed by atoms with Gasteiger partial charge in [0.1, 0.15) is 5.82 Å². The maximum atomic E-state index is 13.9. The largest absolute Gasteiger partial charge is 0.455 e. The number of amides is 2. The maximum Gasteiger partial charge on any atom is 0.311 e. The number of hydrogen-bond donors (Lipinski definition) is 1. The Bertz CT molecular complexity index is 724. The molecule has 0 aromatic heterocycles. The molecule has 0 unspecified atom stereocenters. The first kappa shape index (κ1) is 19.3. The van der Waals surface area contributed by atoms with Crippen LogP contribution < -0.4 is 10.2 Å². The second kappa shape index (κ2) is 8.50. The molecule has 0 radical (unpaired) electrons. The molecule has 1 heterocycles. The van der Waals surface area contributed by atoms with Crippen molar-refractivity contribution < 1.29 is 23.5 Å². The summed E-state index contributed by atoms with van der Waals surface area (Å²) in [6.07, 6.45) is 4.24. The lowest BCUT2D eigenvalue weighted by molar-refractivity contribution is -0.152. The summed E-state index contributed by atoms with van der Waals surface area (Å²) in [4.78, 5) is 37.7. The van der Waals surface area contributed by atoms with Gasteiger partial charge in [-0.2, -0.15) is 0 Å². The van der Waals surface area contributed by atoms with Crippen molar-refractivity contribution in [2.45, 2.75) is 45.1 Å². The minimum absolute atomic E-state index is 0.0472. The number of anilines is 1. The fourth-order valence-corrected chi connectivity index (χ4v) is 3.80. The quantitative estimate of drug-likeness (QED) is 0.801. The van der Waals surface area contributed by atoms with Crippen molar-refractivity contribution in [1.29, 1.82) is 0 Å². The monoisotopic (exact) mass is 376 g/mol. The number of para-hydroxylation sites is 1. The van der Waals surface area contributed by atoms with E-state index in [1.54, 1.807) is 6.07 Å². The molecule has 1 aromatic rings. The summed E-state index contributed by atoms with van der Waals surface area (Å²) in [5.41, 5.74) is 0.154. The van der Waals surface area contributed by atoms with Crippen molar-refractivity contribution in [2.75, 3.05) is 18.1 Å². The zero-order valence-electron chi connectivity index (χ0n) is 15.4. The van der Waals surface area contributed by atoms with Crippen LogP contribution in [0.4, 0.5) is 10.1 Å². The molecule has 0 bridgehead atoms. The van der Waals surface area contributed by atoms with E-state index in [1.165, 1.54) is 29.5 Å². The summed E-state index contributed by atoms with van der Waals surface area (Å²) in [6.45, 7) is 1.81. The number of hydrogen-bond acceptors (Lipinski definition) is 4. The van der Waals surface area contributed by atoms with E-state index in [0.29, 0.717) is 5.92 Å². The fraction of sp³-hybridized carbons (Fsp3) is 0.550. The normalized spacial score (nSPS) is 25.3. The molecule has 27 heavy (non-hydrogen) atoms. The third-order valence-electron chi connectivity index (χ3n) is 5.41. The highest BCUT2D eigenvalue weighted by Gasteiger charge is 2.37. The van der Waals surface area contributed by atoms with E-state index >= 15 is 0 Å². The predicted octanol–water partition coefficient (Wildman–Crippen LogP) is 2.42. The minimum atomic E-state index is -0.696. The molecule has 1 saturated carbocycles. The highest BCUT2D eigenvalue weighted by atomic mass is 19.1. The molecule has 3 rings (SSSR count). The van der Waals surface area contributed by atoms with E-state index in [0.717, 1.165) is 19.3 Å². The smallest absolute Gasteiger partial charge is 0.311 e. The summed E-state index contributed by atoms with van der Waals surface area (Å²) in [5.74, 6) is -2.05. The molecule has 2 aliphatic rings. The molecule has 1 aliphatic carbocycles. The summed E-state index contributed by atoms with van der Waals surface area (Å²) in [5, 5.41) is 2.92. The van der Waals surface area contributed by atoms with Crippen LogP contribution in [0.15, 0.2) is 24.3 Å². The van der Waals surface area contributed by atoms with E-state index in [1.807, 2.05) is 0 Å². The highest BCUT2D eigenvalue weighted by Crippen LogP contribution is 2.28. The number of ether oxygens (including phenoxy) is 1. The van der Waals surface area contributed by atoms with Crippen molar-refractivity contribution in [3.05, 3.63) is 30.1 Å². The molecule has 1 saturated heterocycles. The van der Waals surface area contributed by atoms with Gasteiger partial charge in [-0.15, -0.1) is 0 Å². The summed E-state index contributed by atoms with van der Waals surface area (Å²) in [6, 6.07) is 6.06. The van der Waals surface area contributed by atoms with Crippen molar-refractivity contribution >= 4 is 23.5 Å². The molecule has 0 spiro atoms. The molecule has 6 nitrogen and oxygen atoms in total. The molecule has 3 atom stereocenters. The van der Waals surface area contributed by atoms with E-state index in [4.69, 9.17) is 4.74 Å². The Balaban J connectivity index is 1.49. The van der Waals surface area contributed by atoms with Gasteiger partial charge >= 0.3 is 5.97 Å². The number of esters is 1. The van der Waals surface area contributed by atoms with Crippen molar-refractivity contribution in [3.8, 4) is 0 Å². The van der Waals surface area contributed by atoms with Crippen LogP contribution in [0.2, 0.25) is 0 Å². The SMILES string of the molecule is C[C@H]1CCCC[C@H]1NC(=O)COC(=O)[C@@H]1CC(=O)N(c2ccccc2F)C1. The number of halogens is 1. The molecule has 1 aromatic carbocycles. The van der Waals surface area contributed by atoms with Gasteiger partial charge < -0.3 is 15.0 Å². The zero-order valence-corrected chi connectivity index (χ0v) is 15.4. The Morgan fingerprint density at radius 3 is 2.74 bits per heavy atom. The van der Waals surface area contributed by atoms with Gasteiger partial charge in [0.15, 0.2) is 6.61 Å². The van der Waals surface area contributed by atoms with Gasteiger partial charge in [0, 0.05) is 19.0 Å². The lowest BCUT2D eigenvalue weighted by atomic mass is 9.86. The van der Waals surface area contributed by atoms with Gasteiger partial charge in [-0.05, 0) is 30.9 Å². The first-order chi connectivity index (χ1) is 13.0. The van der Waals surface area contributed by atoms with E-state index in [9.17, 15) is 18.8 Å². The number of benzene rings is 1. The van der Waals surface area contributed by atoms with Crippen LogP contribution in [0.1, 0.15) is 39.0 Å². The van der Waals surface area contributed by atoms with E-state index < -0.39 is 17.7 Å². The third kappa shape index (κ3) is 4.64. The van der Waals surface area contributed by atoms with Crippen LogP contribution in [0.3, 0.4) is 0 Å². The standard InChI is InChI=1S/C20H25FN2O4/c1-13-6-2-4-8-16(13)22-18(24)12-27-20(26)14-10-19(25)23(11-14)17-9-5-3-7-15(17)21/h3,5,7,9,13-14,16H,2,4,6,8,10-12H2,1H3,(H,22,24)/t13-,14+,16+/m0/s1. The van der Waals surface area contributed by atoms with E-state index in [2.05, 4.69) is 12.2 Å². The zero-order chi connectivity index (χ0) is 19.4. The van der Waals surface area contributed by atoms with Crippen LogP contribution in [-0.4, -0.2) is 37.0 Å². The lowest BCUT2D eigenvalue weighted by Crippen LogP contribution is -2.43. The first-order valence-electron chi connectivity index (χ1n) is 9.46. The maximum absolute atomic E-state index is 13.9. The topological polar surface area (TPSA) is 75.7 Å². The predicted molar refractivity (Wildman–Crippen MR) is 97.4 cm³/mol. The Hall–Kier alpha value is -2.44. The summed E-state index contributed by atoms with van der Waals surface area (Å²) in [7, 11) is 0. The summed E-state index contributed by atoms with van der Waals surface area (Å²) < 4.78 is 19.0. The Morgan fingerprint density at radius 1 is 1.26 bits per heavy atom. The number of rotatable bonds is 5. The fourth-order valence-electron chi connectivity index (χ4n) is 3.80. The molecule has 1 aliphatic heterocycles. The average Bonchev–Trinajstić information content (AvgIpc) is 3.04. The van der Waals surface area contributed by atoms with Crippen LogP contribution >= 0.6 is 0 Å². The van der Waals surface area contributed by atoms with Crippen molar-refractivity contribution in [1.82, 2.24) is 5.32 Å². The third-order valence-corrected chi connectivity index (χ3v) is 5.41. The molecule has 7 heteroatoms. The van der Waals surface area contributed by atoms with Gasteiger partial charge in [-0.3, -0.25) is 14.4 Å². The number of carbonyl (C=O) groups is 3. The molecular formula is C20H25FN2O4. The Labute approximate surface area is 158 Å².